The molecule has 0 saturated heterocycles. The topological polar surface area (TPSA) is 81.9 Å². The highest BCUT2D eigenvalue weighted by molar-refractivity contribution is 5.77. The molecule has 0 aliphatic heterocycles. The number of hydrogen-bond donors (Lipinski definition) is 1. The smallest absolute Gasteiger partial charge is 0.330 e. The van der Waals surface area contributed by atoms with Crippen molar-refractivity contribution in [2.24, 2.45) is 0 Å². The first-order valence-electron chi connectivity index (χ1n) is 10.0. The Labute approximate surface area is 173 Å². The summed E-state index contributed by atoms with van der Waals surface area (Å²) < 4.78 is 8.80. The Morgan fingerprint density at radius 2 is 1.83 bits per heavy atom. The Morgan fingerprint density at radius 3 is 2.57 bits per heavy atom. The molecule has 7 heteroatoms. The van der Waals surface area contributed by atoms with Gasteiger partial charge in [0, 0.05) is 18.7 Å². The Bertz CT molecular complexity index is 1290. The van der Waals surface area contributed by atoms with E-state index in [9.17, 15) is 9.59 Å². The van der Waals surface area contributed by atoms with Gasteiger partial charge in [0.25, 0.3) is 5.56 Å². The molecule has 154 valence electrons. The number of methoxy groups -OCH3 is 1. The zero-order valence-corrected chi connectivity index (χ0v) is 17.1. The zero-order chi connectivity index (χ0) is 21.1. The number of fused-ring (bicyclic) bond motifs is 1. The molecule has 1 N–H and O–H groups in total. The largest absolute Gasteiger partial charge is 0.497 e. The van der Waals surface area contributed by atoms with E-state index >= 15 is 0 Å². The van der Waals surface area contributed by atoms with Gasteiger partial charge in [0.15, 0.2) is 11.2 Å². The molecule has 0 bridgehead atoms. The molecule has 0 saturated carbocycles. The fraction of sp³-hybridized carbons (Fsp3) is 0.261. The molecule has 0 unspecified atom stereocenters. The minimum absolute atomic E-state index is 0.396. The van der Waals surface area contributed by atoms with Crippen LogP contribution in [0.2, 0.25) is 0 Å². The number of nitrogens with one attached hydrogen (secondary N) is 1. The average Bonchev–Trinajstić information content (AvgIpc) is 3.14. The summed E-state index contributed by atoms with van der Waals surface area (Å²) in [5.41, 5.74) is 1.79. The lowest BCUT2D eigenvalue weighted by Crippen LogP contribution is -2.31. The van der Waals surface area contributed by atoms with Crippen LogP contribution in [0, 0.1) is 0 Å². The van der Waals surface area contributed by atoms with Crippen LogP contribution in [0.3, 0.4) is 0 Å². The van der Waals surface area contributed by atoms with Crippen LogP contribution in [0.4, 0.5) is 0 Å². The number of rotatable bonds is 7. The number of unbranched alkanes of at least 4 members (excludes halogenated alkanes) is 1. The molecule has 0 aliphatic rings. The highest BCUT2D eigenvalue weighted by Gasteiger charge is 2.20. The molecular formula is C23H24N4O3. The Balaban J connectivity index is 2.01. The van der Waals surface area contributed by atoms with Crippen LogP contribution in [0.1, 0.15) is 25.3 Å². The third kappa shape index (κ3) is 3.66. The van der Waals surface area contributed by atoms with Gasteiger partial charge in [0.05, 0.1) is 7.11 Å². The van der Waals surface area contributed by atoms with Crippen molar-refractivity contribution >= 4 is 11.2 Å². The molecule has 7 nitrogen and oxygen atoms in total. The number of nitrogens with zero attached hydrogens (tertiary/aromatic N) is 3. The molecule has 4 rings (SSSR count). The van der Waals surface area contributed by atoms with Crippen molar-refractivity contribution in [3.05, 3.63) is 81.0 Å². The van der Waals surface area contributed by atoms with E-state index in [1.54, 1.807) is 11.7 Å². The van der Waals surface area contributed by atoms with Crippen LogP contribution >= 0.6 is 0 Å². The molecular weight excluding hydrogens is 380 g/mol. The van der Waals surface area contributed by atoms with Gasteiger partial charge in [-0.15, -0.1) is 0 Å². The monoisotopic (exact) mass is 404 g/mol. The van der Waals surface area contributed by atoms with Crippen LogP contribution in [-0.4, -0.2) is 26.2 Å². The number of aromatic amines is 1. The molecule has 30 heavy (non-hydrogen) atoms. The van der Waals surface area contributed by atoms with E-state index in [-0.39, 0.29) is 0 Å². The van der Waals surface area contributed by atoms with Crippen LogP contribution in [-0.2, 0) is 13.1 Å². The number of aromatic nitrogens is 4. The molecule has 0 amide bonds. The lowest BCUT2D eigenvalue weighted by Gasteiger charge is -2.10. The van der Waals surface area contributed by atoms with Gasteiger partial charge in [-0.2, -0.15) is 0 Å². The molecule has 2 aromatic heterocycles. The summed E-state index contributed by atoms with van der Waals surface area (Å²) in [6.07, 6.45) is 1.75. The quantitative estimate of drug-likeness (QED) is 0.512. The fourth-order valence-electron chi connectivity index (χ4n) is 3.60. The third-order valence-corrected chi connectivity index (χ3v) is 5.13. The van der Waals surface area contributed by atoms with E-state index in [0.717, 1.165) is 24.0 Å². The molecule has 0 atom stereocenters. The number of H-pyrrole nitrogens is 1. The average molecular weight is 404 g/mol. The van der Waals surface area contributed by atoms with Gasteiger partial charge in [0.1, 0.15) is 11.6 Å². The summed E-state index contributed by atoms with van der Waals surface area (Å²) >= 11 is 0. The van der Waals surface area contributed by atoms with Crippen molar-refractivity contribution in [1.82, 2.24) is 19.1 Å². The first-order valence-corrected chi connectivity index (χ1v) is 10.0. The minimum atomic E-state index is -0.430. The van der Waals surface area contributed by atoms with Crippen molar-refractivity contribution in [2.45, 2.75) is 32.9 Å². The predicted molar refractivity (Wildman–Crippen MR) is 117 cm³/mol. The summed E-state index contributed by atoms with van der Waals surface area (Å²) in [6.45, 7) is 3.02. The summed E-state index contributed by atoms with van der Waals surface area (Å²) in [7, 11) is 1.61. The summed E-state index contributed by atoms with van der Waals surface area (Å²) in [4.78, 5) is 32.6. The van der Waals surface area contributed by atoms with Crippen molar-refractivity contribution in [3.8, 4) is 17.1 Å². The van der Waals surface area contributed by atoms with E-state index < -0.39 is 11.2 Å². The van der Waals surface area contributed by atoms with E-state index in [4.69, 9.17) is 9.72 Å². The highest BCUT2D eigenvalue weighted by Crippen LogP contribution is 2.26. The Morgan fingerprint density at radius 1 is 1.03 bits per heavy atom. The van der Waals surface area contributed by atoms with Crippen LogP contribution in [0.15, 0.2) is 64.2 Å². The van der Waals surface area contributed by atoms with Crippen molar-refractivity contribution in [2.75, 3.05) is 7.11 Å². The van der Waals surface area contributed by atoms with E-state index in [1.165, 1.54) is 0 Å². The molecule has 0 radical (unpaired) electrons. The Kier molecular flexibility index (Phi) is 5.52. The first kappa shape index (κ1) is 19.7. The third-order valence-electron chi connectivity index (χ3n) is 5.13. The lowest BCUT2D eigenvalue weighted by atomic mass is 10.2. The second-order valence-electron chi connectivity index (χ2n) is 7.18. The van der Waals surface area contributed by atoms with E-state index in [1.807, 2.05) is 59.2 Å². The summed E-state index contributed by atoms with van der Waals surface area (Å²) in [6, 6.07) is 17.4. The van der Waals surface area contributed by atoms with Crippen molar-refractivity contribution < 1.29 is 4.74 Å². The number of benzene rings is 2. The van der Waals surface area contributed by atoms with E-state index in [2.05, 4.69) is 11.9 Å². The molecule has 0 aliphatic carbocycles. The maximum atomic E-state index is 12.8. The lowest BCUT2D eigenvalue weighted by molar-refractivity contribution is 0.415. The summed E-state index contributed by atoms with van der Waals surface area (Å²) in [5.74, 6) is 1.32. The van der Waals surface area contributed by atoms with Gasteiger partial charge in [-0.25, -0.2) is 9.78 Å². The van der Waals surface area contributed by atoms with E-state index in [0.29, 0.717) is 35.8 Å². The number of aryl methyl sites for hydroxylation is 1. The predicted octanol–water partition coefficient (Wildman–Crippen LogP) is 3.41. The minimum Gasteiger partial charge on any atom is -0.497 e. The number of imidazole rings is 1. The number of ether oxygens (including phenoxy) is 1. The standard InChI is InChI=1S/C23H24N4O3/c1-3-4-13-26-21-19(22(28)25-23(26)29)27(15-16-9-6-5-7-10-16)20(24-21)17-11-8-12-18(14-17)30-2/h5-12,14H,3-4,13,15H2,1-2H3,(H,25,28,29). The van der Waals surface area contributed by atoms with Gasteiger partial charge >= 0.3 is 5.69 Å². The van der Waals surface area contributed by atoms with Gasteiger partial charge < -0.3 is 9.30 Å². The second-order valence-corrected chi connectivity index (χ2v) is 7.18. The molecule has 2 aromatic carbocycles. The van der Waals surface area contributed by atoms with Gasteiger partial charge in [0.2, 0.25) is 0 Å². The van der Waals surface area contributed by atoms with Crippen molar-refractivity contribution in [3.63, 3.8) is 0 Å². The van der Waals surface area contributed by atoms with Crippen LogP contribution in [0.5, 0.6) is 5.75 Å². The molecule has 0 spiro atoms. The zero-order valence-electron chi connectivity index (χ0n) is 17.1. The normalized spacial score (nSPS) is 11.1. The maximum absolute atomic E-state index is 12.8. The van der Waals surface area contributed by atoms with Gasteiger partial charge in [-0.1, -0.05) is 55.8 Å². The summed E-state index contributed by atoms with van der Waals surface area (Å²) in [5, 5.41) is 0. The van der Waals surface area contributed by atoms with Crippen molar-refractivity contribution in [1.29, 1.82) is 0 Å². The van der Waals surface area contributed by atoms with Gasteiger partial charge in [-0.3, -0.25) is 14.3 Å². The fourth-order valence-corrected chi connectivity index (χ4v) is 3.60. The highest BCUT2D eigenvalue weighted by atomic mass is 16.5. The SMILES string of the molecule is CCCCn1c(=O)[nH]c(=O)c2c1nc(-c1cccc(OC)c1)n2Cc1ccccc1. The Hall–Kier alpha value is -3.61. The molecule has 2 heterocycles. The second kappa shape index (κ2) is 8.41. The van der Waals surface area contributed by atoms with Crippen LogP contribution in [0.25, 0.3) is 22.6 Å². The molecule has 0 fully saturated rings. The first-order chi connectivity index (χ1) is 14.6. The van der Waals surface area contributed by atoms with Crippen LogP contribution < -0.4 is 16.0 Å². The van der Waals surface area contributed by atoms with Gasteiger partial charge in [-0.05, 0) is 24.1 Å². The maximum Gasteiger partial charge on any atom is 0.330 e. The molecule has 4 aromatic rings. The number of hydrogen-bond acceptors (Lipinski definition) is 4.